The van der Waals surface area contributed by atoms with Crippen LogP contribution < -0.4 is 15.4 Å². The molecule has 9 heteroatoms. The van der Waals surface area contributed by atoms with E-state index in [1.54, 1.807) is 20.8 Å². The van der Waals surface area contributed by atoms with Crippen LogP contribution in [0.1, 0.15) is 32.8 Å². The molecule has 1 heterocycles. The Kier molecular flexibility index (Phi) is 5.32. The summed E-state index contributed by atoms with van der Waals surface area (Å²) in [4.78, 5) is 22.3. The molecule has 25 heavy (non-hydrogen) atoms. The number of anilines is 1. The number of benzene rings is 1. The topological polar surface area (TPSA) is 127 Å². The van der Waals surface area contributed by atoms with E-state index < -0.39 is 16.6 Å². The van der Waals surface area contributed by atoms with Gasteiger partial charge in [0.05, 0.1) is 22.6 Å². The Bertz CT molecular complexity index is 720. The molecule has 1 aliphatic rings. The van der Waals surface area contributed by atoms with E-state index in [1.165, 1.54) is 12.1 Å². The molecule has 0 spiro atoms. The van der Waals surface area contributed by atoms with Crippen LogP contribution in [-0.4, -0.2) is 35.8 Å². The van der Waals surface area contributed by atoms with E-state index in [-0.39, 0.29) is 35.3 Å². The molecule has 1 atom stereocenters. The average Bonchev–Trinajstić information content (AvgIpc) is 2.51. The molecule has 0 unspecified atom stereocenters. The fourth-order valence-corrected chi connectivity index (χ4v) is 2.32. The minimum atomic E-state index is -0.575. The van der Waals surface area contributed by atoms with Crippen molar-refractivity contribution in [2.75, 3.05) is 18.5 Å². The van der Waals surface area contributed by atoms with Gasteiger partial charge in [0.1, 0.15) is 12.2 Å². The number of nitrogens with one attached hydrogen (secondary N) is 2. The van der Waals surface area contributed by atoms with Gasteiger partial charge in [0.2, 0.25) is 0 Å². The summed E-state index contributed by atoms with van der Waals surface area (Å²) in [7, 11) is 0. The second kappa shape index (κ2) is 7.25. The molecule has 1 aromatic carbocycles. The average molecular weight is 348 g/mol. The van der Waals surface area contributed by atoms with Crippen molar-refractivity contribution in [3.05, 3.63) is 27.8 Å². The third-order valence-electron chi connectivity index (χ3n) is 3.36. The Morgan fingerprint density at radius 3 is 2.88 bits per heavy atom. The monoisotopic (exact) mass is 348 g/mol. The van der Waals surface area contributed by atoms with Crippen LogP contribution in [0.25, 0.3) is 0 Å². The minimum Gasteiger partial charge on any atom is -0.489 e. The van der Waals surface area contributed by atoms with Gasteiger partial charge in [0, 0.05) is 18.7 Å². The Hall–Kier alpha value is -3.02. The van der Waals surface area contributed by atoms with Crippen LogP contribution in [0.3, 0.4) is 0 Å². The summed E-state index contributed by atoms with van der Waals surface area (Å²) in [6.07, 6.45) is -0.0233. The molecule has 1 amide bonds. The number of carbonyl (C=O) groups is 1. The van der Waals surface area contributed by atoms with E-state index in [2.05, 4.69) is 10.6 Å². The molecule has 1 aromatic rings. The van der Waals surface area contributed by atoms with Crippen molar-refractivity contribution < 1.29 is 19.2 Å². The summed E-state index contributed by atoms with van der Waals surface area (Å²) in [5.74, 6) is 0.280. The van der Waals surface area contributed by atoms with Crippen molar-refractivity contribution in [1.29, 1.82) is 5.26 Å². The fourth-order valence-electron chi connectivity index (χ4n) is 2.32. The number of fused-ring (bicyclic) bond motifs is 1. The molecular weight excluding hydrogens is 328 g/mol. The second-order valence-electron chi connectivity index (χ2n) is 6.61. The second-order valence-corrected chi connectivity index (χ2v) is 6.61. The largest absolute Gasteiger partial charge is 0.489 e. The van der Waals surface area contributed by atoms with E-state index in [0.717, 1.165) is 0 Å². The highest BCUT2D eigenvalue weighted by Gasteiger charge is 2.28. The first kappa shape index (κ1) is 18.3. The van der Waals surface area contributed by atoms with E-state index in [1.807, 2.05) is 6.07 Å². The smallest absolute Gasteiger partial charge is 0.407 e. The quantitative estimate of drug-likeness (QED) is 0.632. The van der Waals surface area contributed by atoms with Gasteiger partial charge in [0.15, 0.2) is 11.4 Å². The van der Waals surface area contributed by atoms with E-state index in [9.17, 15) is 14.9 Å². The molecule has 0 radical (unpaired) electrons. The molecule has 0 aromatic heterocycles. The van der Waals surface area contributed by atoms with Crippen LogP contribution in [-0.2, 0) is 4.74 Å². The lowest BCUT2D eigenvalue weighted by atomic mass is 10.1. The third kappa shape index (κ3) is 4.97. The molecule has 134 valence electrons. The number of nitro benzene ring substituents is 1. The lowest BCUT2D eigenvalue weighted by Crippen LogP contribution is -2.38. The maximum Gasteiger partial charge on any atom is 0.407 e. The van der Waals surface area contributed by atoms with Crippen LogP contribution in [0.4, 0.5) is 16.2 Å². The van der Waals surface area contributed by atoms with Crippen molar-refractivity contribution in [2.45, 2.75) is 38.8 Å². The van der Waals surface area contributed by atoms with Crippen LogP contribution in [0, 0.1) is 21.4 Å². The molecule has 2 N–H and O–H groups in total. The number of amides is 1. The van der Waals surface area contributed by atoms with Crippen LogP contribution in [0.15, 0.2) is 12.1 Å². The molecule has 0 bridgehead atoms. The van der Waals surface area contributed by atoms with Crippen LogP contribution in [0.5, 0.6) is 5.75 Å². The first-order valence-corrected chi connectivity index (χ1v) is 7.78. The van der Waals surface area contributed by atoms with Gasteiger partial charge in [-0.1, -0.05) is 0 Å². The predicted octanol–water partition coefficient (Wildman–Crippen LogP) is 2.55. The first-order chi connectivity index (χ1) is 11.7. The number of hydrogen-bond donors (Lipinski definition) is 2. The third-order valence-corrected chi connectivity index (χ3v) is 3.36. The Morgan fingerprint density at radius 1 is 1.56 bits per heavy atom. The summed E-state index contributed by atoms with van der Waals surface area (Å²) >= 11 is 0. The number of nitro groups is 1. The summed E-state index contributed by atoms with van der Waals surface area (Å²) in [6, 6.07) is 4.33. The van der Waals surface area contributed by atoms with E-state index >= 15 is 0 Å². The van der Waals surface area contributed by atoms with Crippen LogP contribution in [0.2, 0.25) is 0 Å². The molecule has 0 saturated heterocycles. The number of carbonyl (C=O) groups excluding carboxylic acids is 1. The fraction of sp³-hybridized carbons (Fsp3) is 0.500. The summed E-state index contributed by atoms with van der Waals surface area (Å²) in [5, 5.41) is 25.8. The molecule has 0 fully saturated rings. The van der Waals surface area contributed by atoms with Gasteiger partial charge in [0.25, 0.3) is 5.69 Å². The lowest BCUT2D eigenvalue weighted by Gasteiger charge is -2.27. The van der Waals surface area contributed by atoms with Crippen molar-refractivity contribution in [3.8, 4) is 11.8 Å². The maximum absolute atomic E-state index is 11.6. The van der Waals surface area contributed by atoms with Crippen LogP contribution >= 0.6 is 0 Å². The molecule has 0 aliphatic carbocycles. The van der Waals surface area contributed by atoms with Gasteiger partial charge in [-0.2, -0.15) is 5.26 Å². The number of ether oxygens (including phenoxy) is 2. The summed E-state index contributed by atoms with van der Waals surface area (Å²) < 4.78 is 10.7. The van der Waals surface area contributed by atoms with Gasteiger partial charge in [-0.3, -0.25) is 10.1 Å². The molecule has 1 aliphatic heterocycles. The van der Waals surface area contributed by atoms with E-state index in [4.69, 9.17) is 14.7 Å². The Morgan fingerprint density at radius 2 is 2.28 bits per heavy atom. The van der Waals surface area contributed by atoms with Gasteiger partial charge < -0.3 is 20.1 Å². The number of hydrogen-bond acceptors (Lipinski definition) is 7. The van der Waals surface area contributed by atoms with Crippen molar-refractivity contribution in [1.82, 2.24) is 5.32 Å². The molecule has 2 rings (SSSR count). The number of nitrogens with zero attached hydrogens (tertiary/aromatic N) is 2. The molecular formula is C16H20N4O5. The lowest BCUT2D eigenvalue weighted by molar-refractivity contribution is -0.384. The SMILES string of the molecule is CC(C)(C)OC(=O)NCC[C@H]1COc2cc(C#N)cc([N+](=O)[O-])c2N1. The van der Waals surface area contributed by atoms with Gasteiger partial charge >= 0.3 is 6.09 Å². The van der Waals surface area contributed by atoms with E-state index in [0.29, 0.717) is 13.0 Å². The standard InChI is InChI=1S/C16H20N4O5/c1-16(2,3)25-15(21)18-5-4-11-9-24-13-7-10(8-17)6-12(20(22)23)14(13)19-11/h6-7,11,19H,4-5,9H2,1-3H3,(H,18,21)/t11-/m0/s1. The number of rotatable bonds is 4. The molecule has 0 saturated carbocycles. The number of alkyl carbamates (subject to hydrolysis) is 1. The summed E-state index contributed by atoms with van der Waals surface area (Å²) in [6.45, 7) is 5.92. The predicted molar refractivity (Wildman–Crippen MR) is 89.6 cm³/mol. The van der Waals surface area contributed by atoms with Crippen molar-refractivity contribution in [2.24, 2.45) is 0 Å². The zero-order chi connectivity index (χ0) is 18.6. The maximum atomic E-state index is 11.6. The number of nitriles is 1. The highest BCUT2D eigenvalue weighted by atomic mass is 16.6. The molecule has 9 nitrogen and oxygen atoms in total. The Labute approximate surface area is 145 Å². The minimum absolute atomic E-state index is 0.164. The van der Waals surface area contributed by atoms with Gasteiger partial charge in [-0.15, -0.1) is 0 Å². The van der Waals surface area contributed by atoms with Gasteiger partial charge in [-0.25, -0.2) is 4.79 Å². The summed E-state index contributed by atoms with van der Waals surface area (Å²) in [5.41, 5.74) is -0.373. The highest BCUT2D eigenvalue weighted by molar-refractivity contribution is 5.73. The zero-order valence-electron chi connectivity index (χ0n) is 14.3. The van der Waals surface area contributed by atoms with Gasteiger partial charge in [-0.05, 0) is 27.2 Å². The van der Waals surface area contributed by atoms with Crippen molar-refractivity contribution in [3.63, 3.8) is 0 Å². The Balaban J connectivity index is 1.98. The normalized spacial score (nSPS) is 15.8. The van der Waals surface area contributed by atoms with Crippen molar-refractivity contribution >= 4 is 17.5 Å². The zero-order valence-corrected chi connectivity index (χ0v) is 14.3. The first-order valence-electron chi connectivity index (χ1n) is 7.78. The highest BCUT2D eigenvalue weighted by Crippen LogP contribution is 2.38.